The molecule has 1 aliphatic heterocycles. The molecule has 1 aromatic rings. The molecule has 2 heterocycles. The molecule has 0 aliphatic carbocycles. The van der Waals surface area contributed by atoms with E-state index in [2.05, 4.69) is 16.6 Å². The second-order valence-electron chi connectivity index (χ2n) is 4.12. The first-order valence-corrected chi connectivity index (χ1v) is 5.82. The van der Waals surface area contributed by atoms with E-state index in [-0.39, 0.29) is 0 Å². The summed E-state index contributed by atoms with van der Waals surface area (Å²) in [5.74, 6) is 1.02. The van der Waals surface area contributed by atoms with Crippen LogP contribution in [0.1, 0.15) is 32.1 Å². The molecule has 15 heavy (non-hydrogen) atoms. The third-order valence-electron chi connectivity index (χ3n) is 2.99. The third kappa shape index (κ3) is 2.61. The van der Waals surface area contributed by atoms with Gasteiger partial charge in [0, 0.05) is 25.5 Å². The lowest BCUT2D eigenvalue weighted by atomic mass is 10.1. The molecule has 0 atom stereocenters. The van der Waals surface area contributed by atoms with E-state index in [1.165, 1.54) is 32.1 Å². The quantitative estimate of drug-likeness (QED) is 0.740. The molecule has 2 rings (SSSR count). The minimum absolute atomic E-state index is 1.02. The van der Waals surface area contributed by atoms with Gasteiger partial charge in [0.15, 0.2) is 0 Å². The largest absolute Gasteiger partial charge is 0.357 e. The normalized spacial score (nSPS) is 18.3. The molecular weight excluding hydrogens is 186 g/mol. The maximum atomic E-state index is 4.22. The van der Waals surface area contributed by atoms with Crippen molar-refractivity contribution >= 4 is 5.82 Å². The van der Waals surface area contributed by atoms with Gasteiger partial charge in [-0.05, 0) is 18.9 Å². The molecule has 3 nitrogen and oxygen atoms in total. The van der Waals surface area contributed by atoms with Crippen molar-refractivity contribution in [3.63, 3.8) is 0 Å². The van der Waals surface area contributed by atoms with Crippen LogP contribution in [0.5, 0.6) is 0 Å². The Labute approximate surface area is 91.4 Å². The lowest BCUT2D eigenvalue weighted by Gasteiger charge is -2.28. The van der Waals surface area contributed by atoms with Gasteiger partial charge < -0.3 is 4.90 Å². The molecule has 3 heteroatoms. The number of nitrogens with zero attached hydrogens (tertiary/aromatic N) is 3. The molecule has 1 fully saturated rings. The van der Waals surface area contributed by atoms with Gasteiger partial charge in [0.05, 0.1) is 0 Å². The number of rotatable bonds is 2. The van der Waals surface area contributed by atoms with Gasteiger partial charge in [-0.1, -0.05) is 25.8 Å². The lowest BCUT2D eigenvalue weighted by molar-refractivity contribution is 0.330. The second-order valence-corrected chi connectivity index (χ2v) is 4.12. The summed E-state index contributed by atoms with van der Waals surface area (Å²) < 4.78 is 1.86. The molecule has 1 saturated heterocycles. The molecule has 0 saturated carbocycles. The molecule has 82 valence electrons. The minimum atomic E-state index is 1.02. The summed E-state index contributed by atoms with van der Waals surface area (Å²) in [4.78, 5) is 2.35. The summed E-state index contributed by atoms with van der Waals surface area (Å²) in [7, 11) is 0. The van der Waals surface area contributed by atoms with Crippen LogP contribution in [0, 0.1) is 0 Å². The average molecular weight is 205 g/mol. The number of hydrogen-bond acceptors (Lipinski definition) is 2. The molecule has 0 amide bonds. The average Bonchev–Trinajstić information content (AvgIpc) is 2.68. The second kappa shape index (κ2) is 5.01. The Morgan fingerprint density at radius 1 is 1.07 bits per heavy atom. The summed E-state index contributed by atoms with van der Waals surface area (Å²) in [6.45, 7) is 6.37. The molecule has 0 N–H and O–H groups in total. The van der Waals surface area contributed by atoms with Crippen LogP contribution >= 0.6 is 0 Å². The van der Waals surface area contributed by atoms with E-state index in [0.717, 1.165) is 18.9 Å². The summed E-state index contributed by atoms with van der Waals surface area (Å²) in [5, 5.41) is 4.22. The van der Waals surface area contributed by atoms with Crippen LogP contribution in [0.15, 0.2) is 25.0 Å². The molecule has 1 aromatic heterocycles. The SMILES string of the molecule is C=C(N1CCCCCCC1)n1cccn1. The zero-order valence-corrected chi connectivity index (χ0v) is 9.23. The highest BCUT2D eigenvalue weighted by Crippen LogP contribution is 2.15. The fraction of sp³-hybridized carbons (Fsp3) is 0.583. The molecular formula is C12H19N3. The van der Waals surface area contributed by atoms with Crippen molar-refractivity contribution in [3.8, 4) is 0 Å². The summed E-state index contributed by atoms with van der Waals surface area (Å²) in [5.41, 5.74) is 0. The maximum absolute atomic E-state index is 4.22. The highest BCUT2D eigenvalue weighted by atomic mass is 15.4. The van der Waals surface area contributed by atoms with Crippen molar-refractivity contribution in [2.24, 2.45) is 0 Å². The molecule has 0 spiro atoms. The molecule has 0 aromatic carbocycles. The number of hydrogen-bond donors (Lipinski definition) is 0. The number of aromatic nitrogens is 2. The Bertz CT molecular complexity index is 295. The van der Waals surface area contributed by atoms with Crippen molar-refractivity contribution in [2.45, 2.75) is 32.1 Å². The predicted octanol–water partition coefficient (Wildman–Crippen LogP) is 2.58. The van der Waals surface area contributed by atoms with Crippen LogP contribution in [0.2, 0.25) is 0 Å². The van der Waals surface area contributed by atoms with Crippen LogP contribution in [-0.2, 0) is 0 Å². The van der Waals surface area contributed by atoms with Crippen molar-refractivity contribution < 1.29 is 0 Å². The van der Waals surface area contributed by atoms with Crippen LogP contribution in [0.4, 0.5) is 0 Å². The standard InChI is InChI=1S/C12H19N3/c1-12(15-11-7-8-13-15)14-9-5-3-2-4-6-10-14/h7-8,11H,1-6,9-10H2. The topological polar surface area (TPSA) is 21.1 Å². The Morgan fingerprint density at radius 3 is 2.33 bits per heavy atom. The van der Waals surface area contributed by atoms with Crippen LogP contribution in [-0.4, -0.2) is 27.8 Å². The molecule has 0 radical (unpaired) electrons. The molecule has 0 bridgehead atoms. The third-order valence-corrected chi connectivity index (χ3v) is 2.99. The van der Waals surface area contributed by atoms with Gasteiger partial charge in [0.1, 0.15) is 5.82 Å². The zero-order chi connectivity index (χ0) is 10.5. The molecule has 0 unspecified atom stereocenters. The summed E-state index contributed by atoms with van der Waals surface area (Å²) in [6, 6.07) is 1.94. The monoisotopic (exact) mass is 205 g/mol. The van der Waals surface area contributed by atoms with E-state index >= 15 is 0 Å². The van der Waals surface area contributed by atoms with Gasteiger partial charge in [-0.15, -0.1) is 0 Å². The smallest absolute Gasteiger partial charge is 0.122 e. The van der Waals surface area contributed by atoms with Crippen molar-refractivity contribution in [1.82, 2.24) is 14.7 Å². The zero-order valence-electron chi connectivity index (χ0n) is 9.23. The summed E-state index contributed by atoms with van der Waals surface area (Å²) >= 11 is 0. The predicted molar refractivity (Wildman–Crippen MR) is 62.2 cm³/mol. The van der Waals surface area contributed by atoms with Crippen LogP contribution in [0.25, 0.3) is 5.82 Å². The van der Waals surface area contributed by atoms with Gasteiger partial charge in [-0.2, -0.15) is 5.10 Å². The van der Waals surface area contributed by atoms with Gasteiger partial charge in [0.2, 0.25) is 0 Å². The first-order chi connectivity index (χ1) is 7.38. The first kappa shape index (κ1) is 10.3. The van der Waals surface area contributed by atoms with Gasteiger partial charge >= 0.3 is 0 Å². The van der Waals surface area contributed by atoms with E-state index in [1.807, 2.05) is 16.9 Å². The molecule has 1 aliphatic rings. The van der Waals surface area contributed by atoms with Crippen LogP contribution in [0.3, 0.4) is 0 Å². The van der Waals surface area contributed by atoms with E-state index in [0.29, 0.717) is 0 Å². The minimum Gasteiger partial charge on any atom is -0.357 e. The highest BCUT2D eigenvalue weighted by Gasteiger charge is 2.10. The fourth-order valence-electron chi connectivity index (χ4n) is 2.07. The summed E-state index contributed by atoms with van der Waals surface area (Å²) in [6.07, 6.45) is 10.4. The van der Waals surface area contributed by atoms with Crippen molar-refractivity contribution in [3.05, 3.63) is 25.0 Å². The lowest BCUT2D eigenvalue weighted by Crippen LogP contribution is -2.28. The van der Waals surface area contributed by atoms with E-state index < -0.39 is 0 Å². The van der Waals surface area contributed by atoms with E-state index in [9.17, 15) is 0 Å². The van der Waals surface area contributed by atoms with Gasteiger partial charge in [-0.25, -0.2) is 4.68 Å². The Balaban J connectivity index is 1.98. The first-order valence-electron chi connectivity index (χ1n) is 5.82. The van der Waals surface area contributed by atoms with Crippen molar-refractivity contribution in [1.29, 1.82) is 0 Å². The van der Waals surface area contributed by atoms with Gasteiger partial charge in [0.25, 0.3) is 0 Å². The Kier molecular flexibility index (Phi) is 3.43. The van der Waals surface area contributed by atoms with E-state index in [1.54, 1.807) is 6.20 Å². The Hall–Kier alpha value is -1.25. The van der Waals surface area contributed by atoms with Crippen molar-refractivity contribution in [2.75, 3.05) is 13.1 Å². The Morgan fingerprint density at radius 2 is 1.73 bits per heavy atom. The maximum Gasteiger partial charge on any atom is 0.122 e. The van der Waals surface area contributed by atoms with Crippen LogP contribution < -0.4 is 0 Å². The van der Waals surface area contributed by atoms with Gasteiger partial charge in [-0.3, -0.25) is 0 Å². The fourth-order valence-corrected chi connectivity index (χ4v) is 2.07. The highest BCUT2D eigenvalue weighted by molar-refractivity contribution is 5.37. The van der Waals surface area contributed by atoms with E-state index in [4.69, 9.17) is 0 Å². The number of likely N-dealkylation sites (tertiary alicyclic amines) is 1.